The van der Waals surface area contributed by atoms with E-state index in [1.807, 2.05) is 6.07 Å². The Kier molecular flexibility index (Phi) is 3.79. The molecular weight excluding hydrogens is 196 g/mol. The topological polar surface area (TPSA) is 35.8 Å². The van der Waals surface area contributed by atoms with Crippen molar-refractivity contribution < 1.29 is 0 Å². The van der Waals surface area contributed by atoms with Crippen molar-refractivity contribution in [2.45, 2.75) is 26.3 Å². The first-order valence-electron chi connectivity index (χ1n) is 4.63. The molecule has 2 nitrogen and oxygen atoms in total. The first kappa shape index (κ1) is 10.9. The van der Waals surface area contributed by atoms with E-state index in [9.17, 15) is 0 Å². The molecule has 14 heavy (non-hydrogen) atoms. The Balaban J connectivity index is 2.92. The summed E-state index contributed by atoms with van der Waals surface area (Å²) in [5.41, 5.74) is 1.45. The molecule has 0 fully saturated rings. The van der Waals surface area contributed by atoms with Gasteiger partial charge in [-0.15, -0.1) is 0 Å². The van der Waals surface area contributed by atoms with Crippen LogP contribution in [-0.2, 0) is 0 Å². The van der Waals surface area contributed by atoms with E-state index in [1.54, 1.807) is 12.1 Å². The summed E-state index contributed by atoms with van der Waals surface area (Å²) in [7, 11) is 0. The molecule has 0 saturated carbocycles. The molecule has 0 amide bonds. The Morgan fingerprint density at radius 2 is 2.29 bits per heavy atom. The molecule has 0 bridgehead atoms. The van der Waals surface area contributed by atoms with Crippen LogP contribution in [-0.4, -0.2) is 6.04 Å². The third-order valence-electron chi connectivity index (χ3n) is 2.12. The summed E-state index contributed by atoms with van der Waals surface area (Å²) in [5.74, 6) is 0. The van der Waals surface area contributed by atoms with E-state index in [1.165, 1.54) is 0 Å². The van der Waals surface area contributed by atoms with Crippen molar-refractivity contribution in [3.05, 3.63) is 28.8 Å². The van der Waals surface area contributed by atoms with Gasteiger partial charge in [0.2, 0.25) is 0 Å². The average molecular weight is 209 g/mol. The van der Waals surface area contributed by atoms with Gasteiger partial charge in [-0.3, -0.25) is 0 Å². The summed E-state index contributed by atoms with van der Waals surface area (Å²) in [6.45, 7) is 4.18. The number of benzene rings is 1. The number of halogens is 1. The fraction of sp³-hybridized carbons (Fsp3) is 0.364. The molecule has 0 saturated heterocycles. The number of anilines is 1. The maximum atomic E-state index is 8.88. The monoisotopic (exact) mass is 208 g/mol. The number of hydrogen-bond acceptors (Lipinski definition) is 2. The van der Waals surface area contributed by atoms with E-state index < -0.39 is 0 Å². The van der Waals surface area contributed by atoms with Gasteiger partial charge in [0.15, 0.2) is 0 Å². The van der Waals surface area contributed by atoms with E-state index >= 15 is 0 Å². The van der Waals surface area contributed by atoms with Crippen LogP contribution < -0.4 is 5.32 Å². The Morgan fingerprint density at radius 3 is 2.86 bits per heavy atom. The molecule has 0 spiro atoms. The molecule has 0 aliphatic heterocycles. The lowest BCUT2D eigenvalue weighted by Crippen LogP contribution is -2.14. The van der Waals surface area contributed by atoms with E-state index in [2.05, 4.69) is 25.2 Å². The molecule has 1 unspecified atom stereocenters. The Labute approximate surface area is 89.5 Å². The van der Waals surface area contributed by atoms with Gasteiger partial charge >= 0.3 is 0 Å². The first-order chi connectivity index (χ1) is 6.67. The smallest absolute Gasteiger partial charge is 0.101 e. The van der Waals surface area contributed by atoms with Crippen molar-refractivity contribution in [3.63, 3.8) is 0 Å². The minimum Gasteiger partial charge on any atom is -0.382 e. The van der Waals surface area contributed by atoms with Gasteiger partial charge in [0, 0.05) is 11.1 Å². The van der Waals surface area contributed by atoms with Crippen LogP contribution >= 0.6 is 11.6 Å². The van der Waals surface area contributed by atoms with Gasteiger partial charge < -0.3 is 5.32 Å². The lowest BCUT2D eigenvalue weighted by atomic mass is 10.1. The molecule has 74 valence electrons. The highest BCUT2D eigenvalue weighted by Gasteiger charge is 2.04. The SMILES string of the molecule is CCC(C)Nc1ccc(Cl)cc1C#N. The first-order valence-corrected chi connectivity index (χ1v) is 5.01. The molecule has 1 atom stereocenters. The second kappa shape index (κ2) is 4.88. The zero-order valence-electron chi connectivity index (χ0n) is 8.34. The Morgan fingerprint density at radius 1 is 1.57 bits per heavy atom. The molecule has 1 aromatic carbocycles. The summed E-state index contributed by atoms with van der Waals surface area (Å²) in [4.78, 5) is 0. The fourth-order valence-corrected chi connectivity index (χ4v) is 1.27. The summed E-state index contributed by atoms with van der Waals surface area (Å²) >= 11 is 5.79. The number of nitrogens with zero attached hydrogens (tertiary/aromatic N) is 1. The largest absolute Gasteiger partial charge is 0.382 e. The molecule has 0 radical (unpaired) electrons. The molecule has 1 rings (SSSR count). The predicted octanol–water partition coefficient (Wildman–Crippen LogP) is 3.42. The van der Waals surface area contributed by atoms with Gasteiger partial charge in [-0.25, -0.2) is 0 Å². The van der Waals surface area contributed by atoms with Crippen LogP contribution in [0.4, 0.5) is 5.69 Å². The highest BCUT2D eigenvalue weighted by molar-refractivity contribution is 6.30. The van der Waals surface area contributed by atoms with Crippen molar-refractivity contribution >= 4 is 17.3 Å². The molecular formula is C11H13ClN2. The van der Waals surface area contributed by atoms with E-state index in [-0.39, 0.29) is 0 Å². The standard InChI is InChI=1S/C11H13ClN2/c1-3-8(2)14-11-5-4-10(12)6-9(11)7-13/h4-6,8,14H,3H2,1-2H3. The Bertz CT molecular complexity index is 355. The molecule has 0 heterocycles. The highest BCUT2D eigenvalue weighted by atomic mass is 35.5. The maximum Gasteiger partial charge on any atom is 0.101 e. The minimum absolute atomic E-state index is 0.364. The second-order valence-electron chi connectivity index (χ2n) is 3.26. The number of rotatable bonds is 3. The van der Waals surface area contributed by atoms with Crippen LogP contribution in [0.2, 0.25) is 5.02 Å². The van der Waals surface area contributed by atoms with Gasteiger partial charge in [-0.05, 0) is 31.5 Å². The van der Waals surface area contributed by atoms with E-state index in [4.69, 9.17) is 16.9 Å². The van der Waals surface area contributed by atoms with Crippen LogP contribution in [0.1, 0.15) is 25.8 Å². The second-order valence-corrected chi connectivity index (χ2v) is 3.69. The number of nitriles is 1. The van der Waals surface area contributed by atoms with Gasteiger partial charge in [-0.2, -0.15) is 5.26 Å². The fourth-order valence-electron chi connectivity index (χ4n) is 1.10. The van der Waals surface area contributed by atoms with Crippen LogP contribution in [0, 0.1) is 11.3 Å². The molecule has 0 aromatic heterocycles. The van der Waals surface area contributed by atoms with Gasteiger partial charge in [-0.1, -0.05) is 18.5 Å². The third kappa shape index (κ3) is 2.65. The van der Waals surface area contributed by atoms with Crippen LogP contribution in [0.3, 0.4) is 0 Å². The molecule has 3 heteroatoms. The van der Waals surface area contributed by atoms with E-state index in [0.29, 0.717) is 16.6 Å². The van der Waals surface area contributed by atoms with Gasteiger partial charge in [0.05, 0.1) is 11.3 Å². The summed E-state index contributed by atoms with van der Waals surface area (Å²) in [6.07, 6.45) is 1.02. The van der Waals surface area contributed by atoms with Crippen LogP contribution in [0.25, 0.3) is 0 Å². The zero-order valence-corrected chi connectivity index (χ0v) is 9.10. The van der Waals surface area contributed by atoms with Crippen LogP contribution in [0.15, 0.2) is 18.2 Å². The molecule has 1 aromatic rings. The Hall–Kier alpha value is -1.20. The molecule has 1 N–H and O–H groups in total. The molecule has 0 aliphatic carbocycles. The van der Waals surface area contributed by atoms with Crippen LogP contribution in [0.5, 0.6) is 0 Å². The minimum atomic E-state index is 0.364. The van der Waals surface area contributed by atoms with Gasteiger partial charge in [0.25, 0.3) is 0 Å². The summed E-state index contributed by atoms with van der Waals surface area (Å²) in [6, 6.07) is 7.78. The predicted molar refractivity (Wildman–Crippen MR) is 59.5 cm³/mol. The average Bonchev–Trinajstić information content (AvgIpc) is 2.20. The van der Waals surface area contributed by atoms with E-state index in [0.717, 1.165) is 12.1 Å². The van der Waals surface area contributed by atoms with Crippen molar-refractivity contribution in [3.8, 4) is 6.07 Å². The maximum absolute atomic E-state index is 8.88. The zero-order chi connectivity index (χ0) is 10.6. The van der Waals surface area contributed by atoms with Gasteiger partial charge in [0.1, 0.15) is 6.07 Å². The lowest BCUT2D eigenvalue weighted by molar-refractivity contribution is 0.764. The van der Waals surface area contributed by atoms with Crippen molar-refractivity contribution in [1.82, 2.24) is 0 Å². The number of hydrogen-bond donors (Lipinski definition) is 1. The summed E-state index contributed by atoms with van der Waals surface area (Å²) in [5, 5.41) is 12.7. The number of nitrogens with one attached hydrogen (secondary N) is 1. The van der Waals surface area contributed by atoms with Crippen molar-refractivity contribution in [2.24, 2.45) is 0 Å². The summed E-state index contributed by atoms with van der Waals surface area (Å²) < 4.78 is 0. The highest BCUT2D eigenvalue weighted by Crippen LogP contribution is 2.20. The molecule has 0 aliphatic rings. The van der Waals surface area contributed by atoms with Crippen molar-refractivity contribution in [1.29, 1.82) is 5.26 Å². The quantitative estimate of drug-likeness (QED) is 0.826. The van der Waals surface area contributed by atoms with Crippen molar-refractivity contribution in [2.75, 3.05) is 5.32 Å². The lowest BCUT2D eigenvalue weighted by Gasteiger charge is -2.14. The normalized spacial score (nSPS) is 11.9. The third-order valence-corrected chi connectivity index (χ3v) is 2.35.